The molecule has 0 aliphatic rings. The molecule has 0 spiro atoms. The molecule has 2 rings (SSSR count). The number of nitrogens with one attached hydrogen (secondary N) is 1. The number of aromatic nitrogens is 3. The fraction of sp³-hybridized carbons (Fsp3) is 0.538. The average Bonchev–Trinajstić information content (AvgIpc) is 2.99. The topological polar surface area (TPSA) is 42.7 Å². The van der Waals surface area contributed by atoms with Crippen molar-refractivity contribution in [2.45, 2.75) is 39.8 Å². The minimum absolute atomic E-state index is 0.219. The molecule has 5 heteroatoms. The molecule has 2 heterocycles. The highest BCUT2D eigenvalue weighted by Gasteiger charge is 2.17. The number of hydrogen-bond donors (Lipinski definition) is 1. The highest BCUT2D eigenvalue weighted by atomic mass is 32.1. The maximum absolute atomic E-state index is 4.36. The molecule has 98 valence electrons. The van der Waals surface area contributed by atoms with Gasteiger partial charge in [0.25, 0.3) is 0 Å². The van der Waals surface area contributed by atoms with Gasteiger partial charge in [0, 0.05) is 29.4 Å². The van der Waals surface area contributed by atoms with E-state index in [1.165, 1.54) is 10.4 Å². The van der Waals surface area contributed by atoms with Gasteiger partial charge in [-0.2, -0.15) is 5.10 Å². The summed E-state index contributed by atoms with van der Waals surface area (Å²) in [4.78, 5) is 5.61. The van der Waals surface area contributed by atoms with Crippen molar-refractivity contribution in [3.63, 3.8) is 0 Å². The summed E-state index contributed by atoms with van der Waals surface area (Å²) in [6.45, 7) is 8.22. The highest BCUT2D eigenvalue weighted by Crippen LogP contribution is 2.26. The van der Waals surface area contributed by atoms with Crippen molar-refractivity contribution in [3.05, 3.63) is 34.0 Å². The van der Waals surface area contributed by atoms with Crippen molar-refractivity contribution < 1.29 is 0 Å². The van der Waals surface area contributed by atoms with Crippen LogP contribution in [-0.2, 0) is 6.54 Å². The molecule has 2 aromatic rings. The van der Waals surface area contributed by atoms with Crippen LogP contribution in [0.15, 0.2) is 18.6 Å². The van der Waals surface area contributed by atoms with Crippen molar-refractivity contribution in [3.8, 4) is 0 Å². The number of nitrogens with zero attached hydrogens (tertiary/aromatic N) is 3. The summed E-state index contributed by atoms with van der Waals surface area (Å²) in [5, 5.41) is 9.03. The molecule has 0 radical (unpaired) electrons. The molecule has 0 saturated carbocycles. The minimum Gasteiger partial charge on any atom is -0.305 e. The van der Waals surface area contributed by atoms with E-state index >= 15 is 0 Å². The third-order valence-electron chi connectivity index (χ3n) is 2.83. The lowest BCUT2D eigenvalue weighted by molar-refractivity contribution is 0.602. The smallest absolute Gasteiger partial charge is 0.0897 e. The van der Waals surface area contributed by atoms with E-state index in [-0.39, 0.29) is 6.04 Å². The normalized spacial score (nSPS) is 12.8. The third kappa shape index (κ3) is 2.97. The molecular formula is C13H20N4S. The zero-order valence-electron chi connectivity index (χ0n) is 11.2. The van der Waals surface area contributed by atoms with Crippen LogP contribution in [0, 0.1) is 6.92 Å². The average molecular weight is 264 g/mol. The predicted molar refractivity (Wildman–Crippen MR) is 74.9 cm³/mol. The summed E-state index contributed by atoms with van der Waals surface area (Å²) < 4.78 is 1.96. The van der Waals surface area contributed by atoms with Gasteiger partial charge >= 0.3 is 0 Å². The number of thiazole rings is 1. The van der Waals surface area contributed by atoms with E-state index in [0.717, 1.165) is 24.5 Å². The Kier molecular flexibility index (Phi) is 4.49. The molecule has 2 aromatic heterocycles. The lowest BCUT2D eigenvalue weighted by Crippen LogP contribution is -2.22. The van der Waals surface area contributed by atoms with Crippen LogP contribution in [0.1, 0.15) is 41.8 Å². The number of hydrogen-bond acceptors (Lipinski definition) is 4. The fourth-order valence-electron chi connectivity index (χ4n) is 1.88. The first-order valence-electron chi connectivity index (χ1n) is 6.42. The Hall–Kier alpha value is -1.20. The quantitative estimate of drug-likeness (QED) is 0.872. The van der Waals surface area contributed by atoms with Gasteiger partial charge in [0.2, 0.25) is 0 Å². The molecular weight excluding hydrogens is 244 g/mol. The molecule has 0 fully saturated rings. The Bertz CT molecular complexity index is 489. The van der Waals surface area contributed by atoms with Gasteiger partial charge in [-0.3, -0.25) is 4.68 Å². The van der Waals surface area contributed by atoms with E-state index in [1.54, 1.807) is 11.3 Å². The Morgan fingerprint density at radius 2 is 2.22 bits per heavy atom. The Morgan fingerprint density at radius 1 is 1.39 bits per heavy atom. The van der Waals surface area contributed by atoms with Crippen LogP contribution in [0.3, 0.4) is 0 Å². The lowest BCUT2D eigenvalue weighted by atomic mass is 10.1. The summed E-state index contributed by atoms with van der Waals surface area (Å²) in [5.41, 5.74) is 1.22. The van der Waals surface area contributed by atoms with Crippen molar-refractivity contribution in [2.24, 2.45) is 0 Å². The summed E-state index contributed by atoms with van der Waals surface area (Å²) in [6.07, 6.45) is 7.15. The zero-order valence-corrected chi connectivity index (χ0v) is 12.0. The molecule has 0 aliphatic carbocycles. The van der Waals surface area contributed by atoms with Crippen LogP contribution < -0.4 is 5.32 Å². The van der Waals surface area contributed by atoms with Gasteiger partial charge in [0.1, 0.15) is 0 Å². The molecule has 1 N–H and O–H groups in total. The second-order valence-corrected chi connectivity index (χ2v) is 5.56. The molecule has 0 bridgehead atoms. The van der Waals surface area contributed by atoms with Crippen LogP contribution in [0.4, 0.5) is 0 Å². The highest BCUT2D eigenvalue weighted by molar-refractivity contribution is 7.11. The summed E-state index contributed by atoms with van der Waals surface area (Å²) >= 11 is 1.75. The van der Waals surface area contributed by atoms with Gasteiger partial charge in [-0.1, -0.05) is 6.92 Å². The summed E-state index contributed by atoms with van der Waals surface area (Å²) in [6, 6.07) is 0.219. The van der Waals surface area contributed by atoms with E-state index in [0.29, 0.717) is 0 Å². The van der Waals surface area contributed by atoms with Gasteiger partial charge < -0.3 is 5.32 Å². The molecule has 4 nitrogen and oxygen atoms in total. The lowest BCUT2D eigenvalue weighted by Gasteiger charge is -2.14. The van der Waals surface area contributed by atoms with Gasteiger partial charge in [-0.15, -0.1) is 11.3 Å². The van der Waals surface area contributed by atoms with Crippen LogP contribution >= 0.6 is 11.3 Å². The molecule has 0 saturated heterocycles. The van der Waals surface area contributed by atoms with E-state index in [9.17, 15) is 0 Å². The predicted octanol–water partition coefficient (Wildman–Crippen LogP) is 2.76. The van der Waals surface area contributed by atoms with E-state index in [2.05, 4.69) is 35.4 Å². The van der Waals surface area contributed by atoms with Gasteiger partial charge in [0.15, 0.2) is 0 Å². The monoisotopic (exact) mass is 264 g/mol. The van der Waals surface area contributed by atoms with Gasteiger partial charge in [0.05, 0.1) is 17.2 Å². The molecule has 1 atom stereocenters. The first-order valence-corrected chi connectivity index (χ1v) is 7.24. The standard InChI is InChI=1S/C13H20N4S/c1-4-6-14-13(12-8-15-10(3)18-12)11-7-16-17(5-2)9-11/h7-9,13-14H,4-6H2,1-3H3. The van der Waals surface area contributed by atoms with Crippen molar-refractivity contribution in [1.82, 2.24) is 20.1 Å². The van der Waals surface area contributed by atoms with E-state index in [4.69, 9.17) is 0 Å². The van der Waals surface area contributed by atoms with Gasteiger partial charge in [-0.05, 0) is 26.8 Å². The van der Waals surface area contributed by atoms with E-state index in [1.807, 2.05) is 24.0 Å². The summed E-state index contributed by atoms with van der Waals surface area (Å²) in [7, 11) is 0. The first kappa shape index (κ1) is 13.2. The molecule has 0 aromatic carbocycles. The largest absolute Gasteiger partial charge is 0.305 e. The maximum Gasteiger partial charge on any atom is 0.0897 e. The van der Waals surface area contributed by atoms with Crippen molar-refractivity contribution in [2.75, 3.05) is 6.54 Å². The molecule has 0 amide bonds. The maximum atomic E-state index is 4.36. The first-order chi connectivity index (χ1) is 8.74. The Morgan fingerprint density at radius 3 is 2.78 bits per heavy atom. The minimum atomic E-state index is 0.219. The van der Waals surface area contributed by atoms with Crippen molar-refractivity contribution >= 4 is 11.3 Å². The second kappa shape index (κ2) is 6.11. The van der Waals surface area contributed by atoms with Crippen LogP contribution in [0.2, 0.25) is 0 Å². The Balaban J connectivity index is 2.24. The fourth-order valence-corrected chi connectivity index (χ4v) is 2.77. The van der Waals surface area contributed by atoms with Crippen molar-refractivity contribution in [1.29, 1.82) is 0 Å². The summed E-state index contributed by atoms with van der Waals surface area (Å²) in [5.74, 6) is 0. The number of rotatable bonds is 6. The SMILES string of the molecule is CCCNC(c1cnn(CC)c1)c1cnc(C)s1. The molecule has 18 heavy (non-hydrogen) atoms. The second-order valence-electron chi connectivity index (χ2n) is 4.30. The molecule has 0 aliphatic heterocycles. The van der Waals surface area contributed by atoms with Crippen LogP contribution in [0.25, 0.3) is 0 Å². The van der Waals surface area contributed by atoms with Crippen LogP contribution in [-0.4, -0.2) is 21.3 Å². The van der Waals surface area contributed by atoms with Gasteiger partial charge in [-0.25, -0.2) is 4.98 Å². The number of aryl methyl sites for hydroxylation is 2. The Labute approximate surface area is 112 Å². The van der Waals surface area contributed by atoms with E-state index < -0.39 is 0 Å². The zero-order chi connectivity index (χ0) is 13.0. The van der Waals surface area contributed by atoms with Crippen LogP contribution in [0.5, 0.6) is 0 Å². The molecule has 1 unspecified atom stereocenters. The third-order valence-corrected chi connectivity index (χ3v) is 3.81.